The monoisotopic (exact) mass is 434 g/mol. The number of ether oxygens (including phenoxy) is 2. The van der Waals surface area contributed by atoms with Crippen LogP contribution in [-0.2, 0) is 0 Å². The fraction of sp³-hybridized carbons (Fsp3) is 0.0870. The molecule has 0 saturated heterocycles. The Hall–Kier alpha value is -3.84. The average Bonchev–Trinajstić information content (AvgIpc) is 3.18. The van der Waals surface area contributed by atoms with Crippen LogP contribution in [-0.4, -0.2) is 27.8 Å². The fourth-order valence-corrected chi connectivity index (χ4v) is 3.16. The highest BCUT2D eigenvalue weighted by atomic mass is 35.5. The molecule has 0 saturated carbocycles. The van der Waals surface area contributed by atoms with Crippen molar-refractivity contribution >= 4 is 23.2 Å². The number of methoxy groups -OCH3 is 1. The number of amides is 1. The summed E-state index contributed by atoms with van der Waals surface area (Å²) in [4.78, 5) is 17.3. The van der Waals surface area contributed by atoms with Crippen LogP contribution in [0.5, 0.6) is 17.2 Å². The number of pyridine rings is 1. The van der Waals surface area contributed by atoms with Gasteiger partial charge in [-0.05, 0) is 61.5 Å². The molecule has 0 unspecified atom stereocenters. The number of nitrogens with one attached hydrogen (secondary N) is 1. The van der Waals surface area contributed by atoms with E-state index in [9.17, 15) is 4.79 Å². The predicted octanol–water partition coefficient (Wildman–Crippen LogP) is 5.28. The fourth-order valence-electron chi connectivity index (χ4n) is 2.99. The lowest BCUT2D eigenvalue weighted by atomic mass is 10.2. The highest BCUT2D eigenvalue weighted by Gasteiger charge is 2.18. The van der Waals surface area contributed by atoms with Crippen LogP contribution in [0.1, 0.15) is 16.1 Å². The van der Waals surface area contributed by atoms with Gasteiger partial charge < -0.3 is 14.8 Å². The van der Waals surface area contributed by atoms with E-state index in [1.165, 1.54) is 6.20 Å². The van der Waals surface area contributed by atoms with Crippen molar-refractivity contribution in [1.82, 2.24) is 14.8 Å². The van der Waals surface area contributed by atoms with Crippen molar-refractivity contribution in [2.24, 2.45) is 0 Å². The highest BCUT2D eigenvalue weighted by molar-refractivity contribution is 6.31. The lowest BCUT2D eigenvalue weighted by molar-refractivity contribution is 0.102. The summed E-state index contributed by atoms with van der Waals surface area (Å²) in [5, 5.41) is 7.64. The summed E-state index contributed by atoms with van der Waals surface area (Å²) < 4.78 is 12.7. The van der Waals surface area contributed by atoms with Crippen LogP contribution >= 0.6 is 11.6 Å². The van der Waals surface area contributed by atoms with E-state index in [2.05, 4.69) is 15.4 Å². The van der Waals surface area contributed by atoms with Crippen molar-refractivity contribution in [1.29, 1.82) is 0 Å². The van der Waals surface area contributed by atoms with Crippen LogP contribution in [0.25, 0.3) is 5.82 Å². The minimum Gasteiger partial charge on any atom is -0.497 e. The molecule has 1 amide bonds. The Kier molecular flexibility index (Phi) is 5.86. The second-order valence-electron chi connectivity index (χ2n) is 6.62. The Labute approximate surface area is 184 Å². The van der Waals surface area contributed by atoms with Crippen LogP contribution in [0, 0.1) is 6.92 Å². The molecule has 0 spiro atoms. The third-order valence-corrected chi connectivity index (χ3v) is 4.83. The van der Waals surface area contributed by atoms with Crippen molar-refractivity contribution in [3.05, 3.63) is 89.3 Å². The van der Waals surface area contributed by atoms with Gasteiger partial charge in [0, 0.05) is 11.2 Å². The molecule has 0 aliphatic rings. The smallest absolute Gasteiger partial charge is 0.259 e. The van der Waals surface area contributed by atoms with E-state index in [1.807, 2.05) is 25.1 Å². The van der Waals surface area contributed by atoms with Gasteiger partial charge in [-0.1, -0.05) is 17.7 Å². The number of hydrogen-bond donors (Lipinski definition) is 1. The summed E-state index contributed by atoms with van der Waals surface area (Å²) >= 11 is 6.16. The van der Waals surface area contributed by atoms with Gasteiger partial charge in [-0.2, -0.15) is 5.10 Å². The Bertz CT molecular complexity index is 1210. The number of aromatic nitrogens is 3. The molecule has 0 radical (unpaired) electrons. The Morgan fingerprint density at radius 3 is 2.55 bits per heavy atom. The first kappa shape index (κ1) is 20.4. The molecule has 2 aromatic heterocycles. The molecule has 0 atom stereocenters. The van der Waals surface area contributed by atoms with Crippen LogP contribution in [0.3, 0.4) is 0 Å². The third kappa shape index (κ3) is 4.51. The summed E-state index contributed by atoms with van der Waals surface area (Å²) in [5.74, 6) is 2.07. The van der Waals surface area contributed by atoms with E-state index < -0.39 is 0 Å². The maximum absolute atomic E-state index is 13.0. The summed E-state index contributed by atoms with van der Waals surface area (Å²) in [7, 11) is 1.60. The van der Waals surface area contributed by atoms with Gasteiger partial charge in [0.2, 0.25) is 0 Å². The van der Waals surface area contributed by atoms with Gasteiger partial charge in [0.1, 0.15) is 11.5 Å². The van der Waals surface area contributed by atoms with Crippen molar-refractivity contribution in [3.63, 3.8) is 0 Å². The van der Waals surface area contributed by atoms with Crippen LogP contribution in [0.2, 0.25) is 5.02 Å². The van der Waals surface area contributed by atoms with Crippen molar-refractivity contribution in [2.45, 2.75) is 6.92 Å². The van der Waals surface area contributed by atoms with Crippen LogP contribution in [0.4, 0.5) is 5.69 Å². The van der Waals surface area contributed by atoms with Crippen LogP contribution in [0.15, 0.2) is 73.1 Å². The number of carbonyl (C=O) groups is 1. The van der Waals surface area contributed by atoms with Crippen LogP contribution < -0.4 is 14.8 Å². The maximum Gasteiger partial charge on any atom is 0.259 e. The molecule has 31 heavy (non-hydrogen) atoms. The highest BCUT2D eigenvalue weighted by Crippen LogP contribution is 2.33. The zero-order valence-electron chi connectivity index (χ0n) is 16.9. The summed E-state index contributed by atoms with van der Waals surface area (Å²) in [5.41, 5.74) is 1.52. The minimum absolute atomic E-state index is 0.332. The van der Waals surface area contributed by atoms with Crippen molar-refractivity contribution in [3.8, 4) is 23.1 Å². The van der Waals surface area contributed by atoms with Crippen molar-refractivity contribution in [2.75, 3.05) is 12.4 Å². The molecule has 4 aromatic rings. The Morgan fingerprint density at radius 1 is 1.06 bits per heavy atom. The lowest BCUT2D eigenvalue weighted by Crippen LogP contribution is -2.14. The first-order valence-corrected chi connectivity index (χ1v) is 9.82. The number of benzene rings is 2. The molecular weight excluding hydrogens is 416 g/mol. The molecule has 0 fully saturated rings. The topological polar surface area (TPSA) is 78.3 Å². The molecule has 4 rings (SSSR count). The Morgan fingerprint density at radius 2 is 1.84 bits per heavy atom. The predicted molar refractivity (Wildman–Crippen MR) is 119 cm³/mol. The SMILES string of the molecule is COc1ccc(Oc2ccc(Cl)cc2NC(=O)c2cnn(-c3ccccn3)c2C)cc1. The molecule has 156 valence electrons. The molecule has 0 aliphatic heterocycles. The number of nitrogens with zero attached hydrogens (tertiary/aromatic N) is 3. The molecule has 8 heteroatoms. The third-order valence-electron chi connectivity index (χ3n) is 4.60. The molecular formula is C23H19ClN4O3. The standard InChI is InChI=1S/C23H19ClN4O3/c1-15-19(14-26-28(15)22-5-3-4-12-25-22)23(29)27-20-13-16(24)6-11-21(20)31-18-9-7-17(30-2)8-10-18/h3-14H,1-2H3,(H,27,29). The average molecular weight is 435 g/mol. The summed E-state index contributed by atoms with van der Waals surface area (Å²) in [6, 6.07) is 17.7. The normalized spacial score (nSPS) is 10.5. The quantitative estimate of drug-likeness (QED) is 0.446. The number of carbonyl (C=O) groups excluding carboxylic acids is 1. The number of anilines is 1. The number of halogens is 1. The van der Waals surface area contributed by atoms with E-state index in [-0.39, 0.29) is 5.91 Å². The van der Waals surface area contributed by atoms with Gasteiger partial charge in [0.25, 0.3) is 5.91 Å². The molecule has 2 aromatic carbocycles. The maximum atomic E-state index is 13.0. The van der Waals surface area contributed by atoms with E-state index in [0.717, 1.165) is 5.75 Å². The first-order valence-electron chi connectivity index (χ1n) is 9.44. The minimum atomic E-state index is -0.332. The molecule has 0 bridgehead atoms. The van der Waals surface area contributed by atoms with Gasteiger partial charge in [0.05, 0.1) is 30.3 Å². The summed E-state index contributed by atoms with van der Waals surface area (Å²) in [6.07, 6.45) is 3.18. The largest absolute Gasteiger partial charge is 0.497 e. The van der Waals surface area contributed by atoms with Crippen molar-refractivity contribution < 1.29 is 14.3 Å². The van der Waals surface area contributed by atoms with Gasteiger partial charge >= 0.3 is 0 Å². The molecule has 7 nitrogen and oxygen atoms in total. The van der Waals surface area contributed by atoms with E-state index in [0.29, 0.717) is 39.3 Å². The van der Waals surface area contributed by atoms with E-state index >= 15 is 0 Å². The second kappa shape index (κ2) is 8.89. The Balaban J connectivity index is 1.58. The lowest BCUT2D eigenvalue weighted by Gasteiger charge is -2.13. The zero-order valence-corrected chi connectivity index (χ0v) is 17.6. The van der Waals surface area contributed by atoms with Gasteiger partial charge in [0.15, 0.2) is 11.6 Å². The summed E-state index contributed by atoms with van der Waals surface area (Å²) in [6.45, 7) is 1.81. The first-order chi connectivity index (χ1) is 15.0. The van der Waals surface area contributed by atoms with Gasteiger partial charge in [-0.15, -0.1) is 0 Å². The van der Waals surface area contributed by atoms with E-state index in [4.69, 9.17) is 21.1 Å². The van der Waals surface area contributed by atoms with E-state index in [1.54, 1.807) is 60.5 Å². The molecule has 0 aliphatic carbocycles. The van der Waals surface area contributed by atoms with Gasteiger partial charge in [-0.3, -0.25) is 4.79 Å². The molecule has 1 N–H and O–H groups in total. The number of hydrogen-bond acceptors (Lipinski definition) is 5. The molecule has 2 heterocycles. The van der Waals surface area contributed by atoms with Gasteiger partial charge in [-0.25, -0.2) is 9.67 Å². The zero-order chi connectivity index (χ0) is 21.8. The second-order valence-corrected chi connectivity index (χ2v) is 7.05. The number of rotatable bonds is 6.